The number of carbonyl (C=O) groups is 7. The Morgan fingerprint density at radius 1 is 0.506 bits per heavy atom. The van der Waals surface area contributed by atoms with E-state index in [-0.39, 0.29) is 169 Å². The molecule has 0 spiro atoms. The molecule has 0 amide bonds. The summed E-state index contributed by atoms with van der Waals surface area (Å²) in [5.41, 5.74) is 2.92. The Balaban J connectivity index is -0.000000527. The third-order valence-electron chi connectivity index (χ3n) is 11.4. The van der Waals surface area contributed by atoms with Gasteiger partial charge in [0.2, 0.25) is 0 Å². The first-order chi connectivity index (χ1) is 40.4. The van der Waals surface area contributed by atoms with Crippen LogP contribution in [0.4, 0.5) is 0 Å². The Morgan fingerprint density at radius 2 is 0.816 bits per heavy atom. The molecule has 18 nitrogen and oxygen atoms in total. The number of rotatable bonds is 29. The minimum absolute atomic E-state index is 0. The summed E-state index contributed by atoms with van der Waals surface area (Å²) in [7, 11) is 0. The van der Waals surface area contributed by atoms with E-state index >= 15 is 0 Å². The number of hydrogen-bond acceptors (Lipinski definition) is 17. The molecule has 0 aromatic heterocycles. The molecule has 0 fully saturated rings. The summed E-state index contributed by atoms with van der Waals surface area (Å²) in [5.74, 6) is 0.689. The van der Waals surface area contributed by atoms with Gasteiger partial charge in [-0.1, -0.05) is 81.1 Å². The van der Waals surface area contributed by atoms with E-state index < -0.39 is 17.3 Å². The molecule has 87 heavy (non-hydrogen) atoms. The van der Waals surface area contributed by atoms with E-state index in [0.717, 1.165) is 133 Å². The second kappa shape index (κ2) is 55.0. The number of halogens is 2. The summed E-state index contributed by atoms with van der Waals surface area (Å²) in [4.78, 5) is 76.8. The van der Waals surface area contributed by atoms with Crippen LogP contribution in [0.2, 0.25) is 0 Å². The van der Waals surface area contributed by atoms with E-state index in [1.165, 1.54) is 0 Å². The van der Waals surface area contributed by atoms with Gasteiger partial charge < -0.3 is 54.8 Å². The van der Waals surface area contributed by atoms with Gasteiger partial charge in [-0.3, -0.25) is 14.4 Å². The number of aromatic carboxylic acids is 1. The van der Waals surface area contributed by atoms with Crippen molar-refractivity contribution in [3.05, 3.63) is 162 Å². The molecule has 0 bridgehead atoms. The van der Waals surface area contributed by atoms with Crippen molar-refractivity contribution in [3.8, 4) is 17.2 Å². The molecule has 456 valence electrons. The third kappa shape index (κ3) is 41.2. The normalized spacial score (nSPS) is 9.55. The first-order valence-electron chi connectivity index (χ1n) is 26.7. The zero-order chi connectivity index (χ0) is 62.5. The zero-order valence-corrected chi connectivity index (χ0v) is 60.4. The largest absolute Gasteiger partial charge is 1.00 e. The SMILES string of the molecule is C=C(C)C(=O)OCCCCCCCl.C=C(C)C(=O)OCCCCCCOc1ccc2cc(C(=O)O)ccc2c1.C=C(C)C(=O)OCCCCCCOc1ccc2cc(C=O)ccc2c1.O=CO[O-].O=Cc1ccc2cc(O)ccc2c1.[H-].[K+].[K+].[Na+].[O-][Cl+][O-]. The molecular formula is C64H75Cl2K2NaO18. The summed E-state index contributed by atoms with van der Waals surface area (Å²) in [5, 5.41) is 32.4. The van der Waals surface area contributed by atoms with Crippen LogP contribution in [0.25, 0.3) is 32.3 Å². The summed E-state index contributed by atoms with van der Waals surface area (Å²) in [6, 6.07) is 32.6. The van der Waals surface area contributed by atoms with Gasteiger partial charge in [0.05, 0.1) is 49.9 Å². The number of benzene rings is 6. The Morgan fingerprint density at radius 3 is 1.16 bits per heavy atom. The second-order valence-electron chi connectivity index (χ2n) is 18.5. The van der Waals surface area contributed by atoms with Crippen LogP contribution < -0.4 is 156 Å². The van der Waals surface area contributed by atoms with Crippen LogP contribution in [0.1, 0.15) is 130 Å². The maximum absolute atomic E-state index is 11.2. The molecule has 0 radical (unpaired) electrons. The van der Waals surface area contributed by atoms with Crippen LogP contribution in [-0.2, 0) is 38.3 Å². The molecule has 6 aromatic rings. The van der Waals surface area contributed by atoms with Crippen molar-refractivity contribution in [1.29, 1.82) is 0 Å². The van der Waals surface area contributed by atoms with Crippen molar-refractivity contribution in [2.75, 3.05) is 38.9 Å². The van der Waals surface area contributed by atoms with Crippen LogP contribution in [-0.4, -0.2) is 92.0 Å². The third-order valence-corrected chi connectivity index (χ3v) is 11.7. The molecule has 0 heterocycles. The number of phenolic OH excluding ortho intramolecular Hbond substituents is 1. The van der Waals surface area contributed by atoms with Crippen LogP contribution >= 0.6 is 11.6 Å². The molecular weight excluding hydrogens is 1230 g/mol. The number of hydrogen-bond donors (Lipinski definition) is 2. The van der Waals surface area contributed by atoms with Crippen LogP contribution in [0.3, 0.4) is 0 Å². The predicted molar refractivity (Wildman–Crippen MR) is 314 cm³/mol. The van der Waals surface area contributed by atoms with Crippen molar-refractivity contribution in [2.45, 2.75) is 97.8 Å². The zero-order valence-electron chi connectivity index (χ0n) is 51.7. The van der Waals surface area contributed by atoms with Gasteiger partial charge in [0.25, 0.3) is 6.47 Å². The van der Waals surface area contributed by atoms with Crippen LogP contribution in [0.5, 0.6) is 17.2 Å². The maximum Gasteiger partial charge on any atom is 1.00 e. The summed E-state index contributed by atoms with van der Waals surface area (Å²) < 4.78 is 43.0. The molecule has 6 aromatic carbocycles. The van der Waals surface area contributed by atoms with Crippen LogP contribution in [0.15, 0.2) is 146 Å². The number of aromatic hydroxyl groups is 1. The molecule has 2 N–H and O–H groups in total. The Bertz CT molecular complexity index is 3040. The smallest absolute Gasteiger partial charge is 1.00 e. The molecule has 6 rings (SSSR count). The van der Waals surface area contributed by atoms with Crippen molar-refractivity contribution in [1.82, 2.24) is 0 Å². The Hall–Kier alpha value is -3.86. The number of ether oxygens (including phenoxy) is 5. The number of unbranched alkanes of at least 4 members (excludes halogenated alkanes) is 9. The average Bonchev–Trinajstić information content (AvgIpc) is 3.17. The molecule has 0 atom stereocenters. The standard InChI is InChI=1S/C21H24O5.C21H24O4.C11H8O2.C10H17ClO2.CH2O3.ClO2.2K.Na.H/c1-15(2)21(24)26-12-6-4-3-5-11-25-19-10-9-16-13-18(20(22)23)8-7-17(16)14-19;1-16(2)21(23)25-12-6-4-3-5-11-24-20-10-9-18-13-17(15-22)7-8-19(18)14-20;12-7-8-1-2-10-6-11(13)4-3-9(10)5-8;1-9(2)10(12)13-8-6-4-3-5-7-11;2-1-4-3;2-1-3;;;;/h7-10,13-14H,1,3-6,11-12H2,2H3,(H,22,23);7-10,13-15H,1,3-6,11-12H2,2H3;1-7,13H;1,3-8H2,2H3;1,3H;;;;;/q;;;;;-1;3*+1;-1/p-1. The second-order valence-corrected chi connectivity index (χ2v) is 19.0. The molecule has 0 unspecified atom stereocenters. The number of phenols is 1. The van der Waals surface area contributed by atoms with E-state index in [0.29, 0.717) is 66.8 Å². The van der Waals surface area contributed by atoms with Crippen molar-refractivity contribution in [2.24, 2.45) is 0 Å². The summed E-state index contributed by atoms with van der Waals surface area (Å²) in [6.07, 6.45) is 13.4. The van der Waals surface area contributed by atoms with Gasteiger partial charge >= 0.3 is 156 Å². The van der Waals surface area contributed by atoms with Gasteiger partial charge in [-0.05, 0) is 178 Å². The minimum Gasteiger partial charge on any atom is -1.00 e. The number of carboxylic acids is 1. The molecule has 0 aliphatic rings. The quantitative estimate of drug-likeness (QED) is 0.00779. The van der Waals surface area contributed by atoms with Gasteiger partial charge in [0, 0.05) is 33.7 Å². The van der Waals surface area contributed by atoms with Gasteiger partial charge in [-0.15, -0.1) is 11.6 Å². The number of esters is 3. The number of aldehydes is 2. The van der Waals surface area contributed by atoms with Crippen molar-refractivity contribution < 1.29 is 232 Å². The predicted octanol–water partition coefficient (Wildman–Crippen LogP) is 1.75. The molecule has 0 saturated carbocycles. The van der Waals surface area contributed by atoms with Gasteiger partial charge in [-0.2, -0.15) is 0 Å². The summed E-state index contributed by atoms with van der Waals surface area (Å²) >= 11 is 5.09. The minimum atomic E-state index is -0.929. The molecule has 0 saturated heterocycles. The summed E-state index contributed by atoms with van der Waals surface area (Å²) in [6.45, 7) is 18.0. The van der Waals surface area contributed by atoms with Crippen molar-refractivity contribution in [3.63, 3.8) is 0 Å². The Kier molecular flexibility index (Phi) is 55.2. The first-order valence-corrected chi connectivity index (χ1v) is 27.9. The fourth-order valence-electron chi connectivity index (χ4n) is 7.09. The first kappa shape index (κ1) is 87.3. The molecule has 0 aliphatic heterocycles. The maximum atomic E-state index is 11.2. The van der Waals surface area contributed by atoms with E-state index in [9.17, 15) is 33.9 Å². The van der Waals surface area contributed by atoms with Crippen LogP contribution in [0, 0.1) is 11.3 Å². The monoisotopic (exact) mass is 1300 g/mol. The fraction of sp³-hybridized carbons (Fsp3) is 0.328. The topological polar surface area (TPSA) is 285 Å². The van der Waals surface area contributed by atoms with Gasteiger partial charge in [-0.25, -0.2) is 19.2 Å². The number of carboxylic acid groups (broad SMARTS) is 1. The molecule has 0 aliphatic carbocycles. The number of carbonyl (C=O) groups excluding carboxylic acids is 6. The Labute approximate surface area is 627 Å². The van der Waals surface area contributed by atoms with Gasteiger partial charge in [0.15, 0.2) is 0 Å². The average molecular weight is 1300 g/mol. The van der Waals surface area contributed by atoms with E-state index in [1.807, 2.05) is 54.6 Å². The molecule has 23 heteroatoms. The van der Waals surface area contributed by atoms with Crippen molar-refractivity contribution >= 4 is 86.8 Å². The van der Waals surface area contributed by atoms with Gasteiger partial charge in [0.1, 0.15) is 29.8 Å². The van der Waals surface area contributed by atoms with E-state index in [1.54, 1.807) is 75.4 Å². The fourth-order valence-corrected chi connectivity index (χ4v) is 7.28. The van der Waals surface area contributed by atoms with E-state index in [4.69, 9.17) is 59.8 Å². The number of fused-ring (bicyclic) bond motifs is 3. The van der Waals surface area contributed by atoms with E-state index in [2.05, 4.69) is 24.6 Å². The number of alkyl halides is 1.